The van der Waals surface area contributed by atoms with Crippen LogP contribution in [0, 0.1) is 0 Å². The molecule has 0 amide bonds. The van der Waals surface area contributed by atoms with Crippen molar-refractivity contribution >= 4 is 5.69 Å². The lowest BCUT2D eigenvalue weighted by molar-refractivity contribution is -0.219. The first-order valence-electron chi connectivity index (χ1n) is 5.74. The topological polar surface area (TPSA) is 41.9 Å². The lowest BCUT2D eigenvalue weighted by atomic mass is 10.0. The number of ether oxygens (including phenoxy) is 2. The third-order valence-corrected chi connectivity index (χ3v) is 3.34. The summed E-state index contributed by atoms with van der Waals surface area (Å²) in [5, 5.41) is 9.73. The first-order valence-corrected chi connectivity index (χ1v) is 5.74. The number of hydrogen-bond acceptors (Lipinski definition) is 4. The Balaban J connectivity index is 2.16. The van der Waals surface area contributed by atoms with E-state index in [4.69, 9.17) is 9.47 Å². The molecule has 0 aliphatic carbocycles. The van der Waals surface area contributed by atoms with Gasteiger partial charge in [-0.1, -0.05) is 18.2 Å². The van der Waals surface area contributed by atoms with Crippen molar-refractivity contribution in [3.05, 3.63) is 29.8 Å². The van der Waals surface area contributed by atoms with Gasteiger partial charge in [0.1, 0.15) is 0 Å². The Hall–Kier alpha value is -1.10. The fourth-order valence-electron chi connectivity index (χ4n) is 2.18. The number of para-hydroxylation sites is 1. The van der Waals surface area contributed by atoms with E-state index in [1.54, 1.807) is 21.1 Å². The molecule has 4 heteroatoms. The van der Waals surface area contributed by atoms with E-state index in [0.29, 0.717) is 13.1 Å². The van der Waals surface area contributed by atoms with Crippen molar-refractivity contribution in [2.24, 2.45) is 0 Å². The Morgan fingerprint density at radius 3 is 2.35 bits per heavy atom. The van der Waals surface area contributed by atoms with Gasteiger partial charge < -0.3 is 19.5 Å². The predicted octanol–water partition coefficient (Wildman–Crippen LogP) is 1.55. The molecule has 2 rings (SSSR count). The summed E-state index contributed by atoms with van der Waals surface area (Å²) in [6, 6.07) is 7.86. The molecular formula is C13H19NO3. The molecule has 1 heterocycles. The van der Waals surface area contributed by atoms with Gasteiger partial charge in [-0.25, -0.2) is 0 Å². The highest BCUT2D eigenvalue weighted by molar-refractivity contribution is 5.57. The highest BCUT2D eigenvalue weighted by Gasteiger charge is 2.44. The van der Waals surface area contributed by atoms with Crippen LogP contribution in [0.2, 0.25) is 0 Å². The molecule has 4 nitrogen and oxygen atoms in total. The maximum Gasteiger partial charge on any atom is 0.203 e. The molecule has 1 N–H and O–H groups in total. The maximum atomic E-state index is 9.73. The molecule has 1 fully saturated rings. The standard InChI is InChI=1S/C13H19NO3/c1-10(15)11-6-4-5-7-12(11)14-8-13(9-14,16-2)17-3/h4-7,10,15H,8-9H2,1-3H3. The minimum atomic E-state index is -0.494. The van der Waals surface area contributed by atoms with Gasteiger partial charge in [-0.05, 0) is 13.0 Å². The van der Waals surface area contributed by atoms with Crippen molar-refractivity contribution in [1.82, 2.24) is 0 Å². The van der Waals surface area contributed by atoms with Gasteiger partial charge in [0.15, 0.2) is 0 Å². The van der Waals surface area contributed by atoms with E-state index < -0.39 is 11.9 Å². The van der Waals surface area contributed by atoms with Crippen molar-refractivity contribution in [2.45, 2.75) is 18.8 Å². The van der Waals surface area contributed by atoms with Crippen molar-refractivity contribution in [2.75, 3.05) is 32.2 Å². The predicted molar refractivity (Wildman–Crippen MR) is 66.0 cm³/mol. The minimum absolute atomic E-state index is 0.466. The van der Waals surface area contributed by atoms with Crippen molar-refractivity contribution in [1.29, 1.82) is 0 Å². The van der Waals surface area contributed by atoms with Gasteiger partial charge in [0.25, 0.3) is 0 Å². The molecular weight excluding hydrogens is 218 g/mol. The van der Waals surface area contributed by atoms with Crippen LogP contribution in [0.3, 0.4) is 0 Å². The smallest absolute Gasteiger partial charge is 0.203 e. The van der Waals surface area contributed by atoms with Crippen LogP contribution in [0.25, 0.3) is 0 Å². The molecule has 1 aliphatic heterocycles. The SMILES string of the molecule is COC1(OC)CN(c2ccccc2C(C)O)C1. The number of aliphatic hydroxyl groups excluding tert-OH is 1. The largest absolute Gasteiger partial charge is 0.389 e. The average Bonchev–Trinajstić information content (AvgIpc) is 2.29. The number of hydrogen-bond donors (Lipinski definition) is 1. The molecule has 1 saturated heterocycles. The molecule has 1 aliphatic rings. The van der Waals surface area contributed by atoms with E-state index in [-0.39, 0.29) is 0 Å². The summed E-state index contributed by atoms with van der Waals surface area (Å²) >= 11 is 0. The van der Waals surface area contributed by atoms with Crippen molar-refractivity contribution in [3.8, 4) is 0 Å². The minimum Gasteiger partial charge on any atom is -0.389 e. The Morgan fingerprint density at radius 1 is 1.24 bits per heavy atom. The first-order chi connectivity index (χ1) is 8.12. The van der Waals surface area contributed by atoms with Crippen molar-refractivity contribution in [3.63, 3.8) is 0 Å². The lowest BCUT2D eigenvalue weighted by Crippen LogP contribution is -2.64. The normalized spacial score (nSPS) is 19.9. The zero-order valence-corrected chi connectivity index (χ0v) is 10.5. The Labute approximate surface area is 102 Å². The second kappa shape index (κ2) is 4.64. The van der Waals surface area contributed by atoms with E-state index >= 15 is 0 Å². The number of aliphatic hydroxyl groups is 1. The molecule has 0 saturated carbocycles. The number of benzene rings is 1. The second-order valence-electron chi connectivity index (χ2n) is 4.41. The summed E-state index contributed by atoms with van der Waals surface area (Å²) in [6.07, 6.45) is -0.466. The Bertz CT molecular complexity index is 380. The van der Waals surface area contributed by atoms with Gasteiger partial charge in [-0.15, -0.1) is 0 Å². The average molecular weight is 237 g/mol. The van der Waals surface area contributed by atoms with Crippen LogP contribution in [0.15, 0.2) is 24.3 Å². The van der Waals surface area contributed by atoms with Gasteiger partial charge in [0.2, 0.25) is 5.79 Å². The summed E-state index contributed by atoms with van der Waals surface area (Å²) in [7, 11) is 3.31. The summed E-state index contributed by atoms with van der Waals surface area (Å²) in [6.45, 7) is 3.14. The Kier molecular flexibility index (Phi) is 3.38. The number of nitrogens with zero attached hydrogens (tertiary/aromatic N) is 1. The van der Waals surface area contributed by atoms with Gasteiger partial charge in [-0.2, -0.15) is 0 Å². The zero-order chi connectivity index (χ0) is 12.5. The lowest BCUT2D eigenvalue weighted by Gasteiger charge is -2.49. The van der Waals surface area contributed by atoms with Crippen LogP contribution < -0.4 is 4.90 Å². The molecule has 1 aromatic carbocycles. The third kappa shape index (κ3) is 2.16. The molecule has 17 heavy (non-hydrogen) atoms. The highest BCUT2D eigenvalue weighted by atomic mass is 16.7. The number of anilines is 1. The molecule has 0 bridgehead atoms. The summed E-state index contributed by atoms with van der Waals surface area (Å²) in [5.41, 5.74) is 1.99. The van der Waals surface area contributed by atoms with E-state index in [9.17, 15) is 5.11 Å². The van der Waals surface area contributed by atoms with Crippen LogP contribution in [-0.4, -0.2) is 38.2 Å². The van der Waals surface area contributed by atoms with E-state index in [0.717, 1.165) is 11.3 Å². The van der Waals surface area contributed by atoms with Crippen LogP contribution in [0.4, 0.5) is 5.69 Å². The third-order valence-electron chi connectivity index (χ3n) is 3.34. The second-order valence-corrected chi connectivity index (χ2v) is 4.41. The molecule has 0 aromatic heterocycles. The monoisotopic (exact) mass is 237 g/mol. The molecule has 0 spiro atoms. The van der Waals surface area contributed by atoms with Gasteiger partial charge in [-0.3, -0.25) is 0 Å². The van der Waals surface area contributed by atoms with Gasteiger partial charge >= 0.3 is 0 Å². The molecule has 1 atom stereocenters. The number of rotatable bonds is 4. The van der Waals surface area contributed by atoms with E-state index in [2.05, 4.69) is 4.90 Å². The summed E-state index contributed by atoms with van der Waals surface area (Å²) < 4.78 is 10.7. The van der Waals surface area contributed by atoms with Crippen LogP contribution in [-0.2, 0) is 9.47 Å². The van der Waals surface area contributed by atoms with Gasteiger partial charge in [0.05, 0.1) is 19.2 Å². The van der Waals surface area contributed by atoms with Crippen LogP contribution in [0.5, 0.6) is 0 Å². The summed E-state index contributed by atoms with van der Waals surface area (Å²) in [4.78, 5) is 2.15. The maximum absolute atomic E-state index is 9.73. The van der Waals surface area contributed by atoms with Crippen LogP contribution in [0.1, 0.15) is 18.6 Å². The summed E-state index contributed by atoms with van der Waals surface area (Å²) in [5.74, 6) is -0.494. The molecule has 94 valence electrons. The van der Waals surface area contributed by atoms with Crippen molar-refractivity contribution < 1.29 is 14.6 Å². The first kappa shape index (κ1) is 12.4. The molecule has 0 radical (unpaired) electrons. The molecule has 1 unspecified atom stereocenters. The fraction of sp³-hybridized carbons (Fsp3) is 0.538. The number of methoxy groups -OCH3 is 2. The van der Waals surface area contributed by atoms with E-state index in [1.807, 2.05) is 24.3 Å². The fourth-order valence-corrected chi connectivity index (χ4v) is 2.18. The highest BCUT2D eigenvalue weighted by Crippen LogP contribution is 2.34. The van der Waals surface area contributed by atoms with Gasteiger partial charge in [0, 0.05) is 25.5 Å². The molecule has 1 aromatic rings. The Morgan fingerprint density at radius 2 is 1.82 bits per heavy atom. The van der Waals surface area contributed by atoms with Crippen LogP contribution >= 0.6 is 0 Å². The zero-order valence-electron chi connectivity index (χ0n) is 10.5. The quantitative estimate of drug-likeness (QED) is 0.807. The van der Waals surface area contributed by atoms with E-state index in [1.165, 1.54) is 0 Å².